The molecule has 0 aliphatic rings. The number of hydrogen-bond donors (Lipinski definition) is 2. The summed E-state index contributed by atoms with van der Waals surface area (Å²) in [7, 11) is 1.36. The summed E-state index contributed by atoms with van der Waals surface area (Å²) in [6.45, 7) is 2.49. The zero-order valence-corrected chi connectivity index (χ0v) is 9.87. The summed E-state index contributed by atoms with van der Waals surface area (Å²) in [5, 5.41) is 11.9. The molecule has 1 unspecified atom stereocenters. The Labute approximate surface area is 99.4 Å². The van der Waals surface area contributed by atoms with Crippen molar-refractivity contribution in [2.45, 2.75) is 19.4 Å². The molecular weight excluding hydrogens is 225 g/mol. The van der Waals surface area contributed by atoms with Crippen molar-refractivity contribution in [1.29, 1.82) is 0 Å². The van der Waals surface area contributed by atoms with Crippen LogP contribution in [-0.4, -0.2) is 24.7 Å². The summed E-state index contributed by atoms with van der Waals surface area (Å²) in [5.41, 5.74) is 0.379. The number of halogens is 1. The van der Waals surface area contributed by atoms with Crippen molar-refractivity contribution < 1.29 is 19.0 Å². The number of carbonyl (C=O) groups is 1. The van der Waals surface area contributed by atoms with Gasteiger partial charge in [0.05, 0.1) is 7.11 Å². The predicted molar refractivity (Wildman–Crippen MR) is 61.6 cm³/mol. The Hall–Kier alpha value is -1.62. The number of carboxylic acid groups (broad SMARTS) is 1. The maximum Gasteiger partial charge on any atom is 0.325 e. The maximum absolute atomic E-state index is 13.5. The predicted octanol–water partition coefficient (Wildman–Crippen LogP) is 1.96. The number of hydrogen-bond acceptors (Lipinski definition) is 3. The molecule has 0 aliphatic heterocycles. The largest absolute Gasteiger partial charge is 0.494 e. The first-order chi connectivity index (χ1) is 8.10. The van der Waals surface area contributed by atoms with Gasteiger partial charge in [-0.3, -0.25) is 4.79 Å². The number of benzene rings is 1. The Morgan fingerprint density at radius 3 is 2.76 bits per heavy atom. The van der Waals surface area contributed by atoms with Crippen LogP contribution < -0.4 is 10.1 Å². The summed E-state index contributed by atoms with van der Waals surface area (Å²) in [6, 6.07) is 3.26. The Kier molecular flexibility index (Phi) is 4.90. The molecule has 0 saturated heterocycles. The lowest BCUT2D eigenvalue weighted by Crippen LogP contribution is -2.29. The third-order valence-electron chi connectivity index (χ3n) is 2.35. The van der Waals surface area contributed by atoms with E-state index >= 15 is 0 Å². The number of methoxy groups -OCH3 is 1. The highest BCUT2D eigenvalue weighted by atomic mass is 19.1. The van der Waals surface area contributed by atoms with Gasteiger partial charge in [0.2, 0.25) is 0 Å². The fourth-order valence-corrected chi connectivity index (χ4v) is 1.50. The van der Waals surface area contributed by atoms with Crippen molar-refractivity contribution in [2.24, 2.45) is 0 Å². The van der Waals surface area contributed by atoms with Gasteiger partial charge in [0, 0.05) is 0 Å². The van der Waals surface area contributed by atoms with E-state index in [0.717, 1.165) is 6.42 Å². The molecule has 0 aliphatic carbocycles. The third kappa shape index (κ3) is 3.42. The van der Waals surface area contributed by atoms with Gasteiger partial charge in [0.1, 0.15) is 6.04 Å². The van der Waals surface area contributed by atoms with E-state index in [1.165, 1.54) is 19.2 Å². The molecule has 0 fully saturated rings. The molecule has 2 N–H and O–H groups in total. The zero-order valence-electron chi connectivity index (χ0n) is 9.87. The van der Waals surface area contributed by atoms with Crippen molar-refractivity contribution >= 4 is 5.97 Å². The van der Waals surface area contributed by atoms with Crippen LogP contribution in [0.1, 0.15) is 24.9 Å². The Morgan fingerprint density at radius 1 is 1.59 bits per heavy atom. The summed E-state index contributed by atoms with van der Waals surface area (Å²) in [5.74, 6) is -1.48. The SMILES string of the molecule is CCCNC(C(=O)O)c1ccc(OC)c(F)c1. The topological polar surface area (TPSA) is 58.6 Å². The quantitative estimate of drug-likeness (QED) is 0.799. The van der Waals surface area contributed by atoms with E-state index in [1.54, 1.807) is 6.07 Å². The lowest BCUT2D eigenvalue weighted by Gasteiger charge is -2.15. The molecule has 5 heteroatoms. The molecule has 0 bridgehead atoms. The molecule has 1 aromatic rings. The molecule has 1 rings (SSSR count). The van der Waals surface area contributed by atoms with E-state index < -0.39 is 17.8 Å². The average Bonchev–Trinajstić information content (AvgIpc) is 2.29. The van der Waals surface area contributed by atoms with Crippen molar-refractivity contribution in [3.8, 4) is 5.75 Å². The second-order valence-electron chi connectivity index (χ2n) is 3.62. The van der Waals surface area contributed by atoms with Gasteiger partial charge in [-0.1, -0.05) is 13.0 Å². The molecule has 1 aromatic carbocycles. The summed E-state index contributed by atoms with van der Waals surface area (Å²) < 4.78 is 18.2. The standard InChI is InChI=1S/C12H16FNO3/c1-3-6-14-11(12(15)16)8-4-5-10(17-2)9(13)7-8/h4-5,7,11,14H,3,6H2,1-2H3,(H,15,16). The van der Waals surface area contributed by atoms with Crippen LogP contribution in [0.2, 0.25) is 0 Å². The van der Waals surface area contributed by atoms with Gasteiger partial charge in [-0.2, -0.15) is 0 Å². The van der Waals surface area contributed by atoms with E-state index in [-0.39, 0.29) is 5.75 Å². The molecule has 0 aromatic heterocycles. The van der Waals surface area contributed by atoms with Crippen LogP contribution in [0, 0.1) is 5.82 Å². The Balaban J connectivity index is 2.94. The number of ether oxygens (including phenoxy) is 1. The smallest absolute Gasteiger partial charge is 0.325 e. The van der Waals surface area contributed by atoms with Gasteiger partial charge < -0.3 is 15.2 Å². The molecule has 0 amide bonds. The molecule has 1 atom stereocenters. The highest BCUT2D eigenvalue weighted by molar-refractivity contribution is 5.75. The molecule has 0 saturated carbocycles. The van der Waals surface area contributed by atoms with Crippen molar-refractivity contribution in [3.05, 3.63) is 29.6 Å². The molecular formula is C12H16FNO3. The minimum Gasteiger partial charge on any atom is -0.494 e. The minimum atomic E-state index is -1.02. The second kappa shape index (κ2) is 6.20. The molecule has 0 spiro atoms. The maximum atomic E-state index is 13.5. The Bertz CT molecular complexity index is 395. The van der Waals surface area contributed by atoms with Gasteiger partial charge >= 0.3 is 5.97 Å². The zero-order chi connectivity index (χ0) is 12.8. The van der Waals surface area contributed by atoms with Crippen LogP contribution in [0.3, 0.4) is 0 Å². The minimum absolute atomic E-state index is 0.105. The van der Waals surface area contributed by atoms with E-state index in [1.807, 2.05) is 6.92 Å². The van der Waals surface area contributed by atoms with Crippen LogP contribution in [0.15, 0.2) is 18.2 Å². The normalized spacial score (nSPS) is 12.2. The fraction of sp³-hybridized carbons (Fsp3) is 0.417. The van der Waals surface area contributed by atoms with Crippen LogP contribution in [0.5, 0.6) is 5.75 Å². The number of nitrogens with one attached hydrogen (secondary N) is 1. The molecule has 94 valence electrons. The highest BCUT2D eigenvalue weighted by Crippen LogP contribution is 2.22. The van der Waals surface area contributed by atoms with Crippen LogP contribution >= 0.6 is 0 Å². The lowest BCUT2D eigenvalue weighted by molar-refractivity contribution is -0.139. The van der Waals surface area contributed by atoms with Crippen molar-refractivity contribution in [3.63, 3.8) is 0 Å². The monoisotopic (exact) mass is 241 g/mol. The van der Waals surface area contributed by atoms with Crippen molar-refractivity contribution in [1.82, 2.24) is 5.32 Å². The van der Waals surface area contributed by atoms with E-state index in [4.69, 9.17) is 9.84 Å². The van der Waals surface area contributed by atoms with E-state index in [2.05, 4.69) is 5.32 Å². The van der Waals surface area contributed by atoms with Gasteiger partial charge in [0.15, 0.2) is 11.6 Å². The summed E-state index contributed by atoms with van der Waals surface area (Å²) in [4.78, 5) is 11.1. The van der Waals surface area contributed by atoms with Gasteiger partial charge in [0.25, 0.3) is 0 Å². The van der Waals surface area contributed by atoms with E-state index in [0.29, 0.717) is 12.1 Å². The second-order valence-corrected chi connectivity index (χ2v) is 3.62. The fourth-order valence-electron chi connectivity index (χ4n) is 1.50. The molecule has 0 heterocycles. The molecule has 4 nitrogen and oxygen atoms in total. The van der Waals surface area contributed by atoms with Crippen LogP contribution in [-0.2, 0) is 4.79 Å². The number of carboxylic acids is 1. The number of rotatable bonds is 6. The van der Waals surface area contributed by atoms with Crippen LogP contribution in [0.4, 0.5) is 4.39 Å². The molecule has 0 radical (unpaired) electrons. The van der Waals surface area contributed by atoms with E-state index in [9.17, 15) is 9.18 Å². The van der Waals surface area contributed by atoms with Gasteiger partial charge in [-0.15, -0.1) is 0 Å². The summed E-state index contributed by atoms with van der Waals surface area (Å²) >= 11 is 0. The van der Waals surface area contributed by atoms with Crippen molar-refractivity contribution in [2.75, 3.05) is 13.7 Å². The average molecular weight is 241 g/mol. The van der Waals surface area contributed by atoms with Gasteiger partial charge in [-0.25, -0.2) is 4.39 Å². The lowest BCUT2D eigenvalue weighted by atomic mass is 10.1. The van der Waals surface area contributed by atoms with Gasteiger partial charge in [-0.05, 0) is 30.7 Å². The highest BCUT2D eigenvalue weighted by Gasteiger charge is 2.20. The third-order valence-corrected chi connectivity index (χ3v) is 2.35. The first kappa shape index (κ1) is 13.4. The van der Waals surface area contributed by atoms with Crippen LogP contribution in [0.25, 0.3) is 0 Å². The Morgan fingerprint density at radius 2 is 2.29 bits per heavy atom. The first-order valence-electron chi connectivity index (χ1n) is 5.39. The molecule has 17 heavy (non-hydrogen) atoms. The number of aliphatic carboxylic acids is 1. The summed E-state index contributed by atoms with van der Waals surface area (Å²) in [6.07, 6.45) is 0.808. The first-order valence-corrected chi connectivity index (χ1v) is 5.39.